The maximum absolute atomic E-state index is 14.2. The largest absolute Gasteiger partial charge is 0.465 e. The third-order valence-electron chi connectivity index (χ3n) is 5.76. The minimum Gasteiger partial charge on any atom is -0.465 e. The van der Waals surface area contributed by atoms with Crippen LogP contribution in [-0.4, -0.2) is 53.1 Å². The van der Waals surface area contributed by atoms with E-state index < -0.39 is 41.5 Å². The number of halogens is 5. The Morgan fingerprint density at radius 2 is 1.88 bits per heavy atom. The number of rotatable bonds is 3. The van der Waals surface area contributed by atoms with Crippen LogP contribution in [-0.2, 0) is 6.18 Å². The predicted octanol–water partition coefficient (Wildman–Crippen LogP) is 5.52. The number of alkyl halides is 3. The van der Waals surface area contributed by atoms with E-state index in [4.69, 9.17) is 0 Å². The van der Waals surface area contributed by atoms with Crippen molar-refractivity contribution in [3.63, 3.8) is 0 Å². The third kappa shape index (κ3) is 5.06. The first kappa shape index (κ1) is 24.0. The van der Waals surface area contributed by atoms with Gasteiger partial charge < -0.3 is 14.9 Å². The van der Waals surface area contributed by atoms with Gasteiger partial charge in [0.2, 0.25) is 0 Å². The first-order chi connectivity index (χ1) is 14.9. The Bertz CT molecular complexity index is 1040. The highest BCUT2D eigenvalue weighted by molar-refractivity contribution is 9.10. The van der Waals surface area contributed by atoms with Crippen molar-refractivity contribution in [3.05, 3.63) is 68.9 Å². The normalized spacial score (nSPS) is 19.0. The summed E-state index contributed by atoms with van der Waals surface area (Å²) in [6.07, 6.45) is -5.49. The van der Waals surface area contributed by atoms with E-state index in [-0.39, 0.29) is 29.5 Å². The number of hydrogen-bond acceptors (Lipinski definition) is 2. The van der Waals surface area contributed by atoms with E-state index in [0.29, 0.717) is 11.1 Å². The molecule has 3 rings (SSSR count). The maximum atomic E-state index is 14.2. The smallest absolute Gasteiger partial charge is 0.416 e. The second kappa shape index (κ2) is 9.09. The van der Waals surface area contributed by atoms with E-state index >= 15 is 0 Å². The molecule has 0 bridgehead atoms. The van der Waals surface area contributed by atoms with Crippen LogP contribution in [0, 0.1) is 12.7 Å². The van der Waals surface area contributed by atoms with Crippen molar-refractivity contribution >= 4 is 27.9 Å². The molecule has 0 aromatic heterocycles. The Morgan fingerprint density at radius 1 is 1.19 bits per heavy atom. The van der Waals surface area contributed by atoms with Gasteiger partial charge in [-0.3, -0.25) is 4.79 Å². The summed E-state index contributed by atoms with van der Waals surface area (Å²) in [5.41, 5.74) is -0.159. The summed E-state index contributed by atoms with van der Waals surface area (Å²) in [4.78, 5) is 27.2. The number of hydrogen-bond donors (Lipinski definition) is 1. The number of carbonyl (C=O) groups excluding carboxylic acids is 1. The van der Waals surface area contributed by atoms with Crippen molar-refractivity contribution in [3.8, 4) is 0 Å². The molecule has 172 valence electrons. The molecule has 10 heteroatoms. The minimum atomic E-state index is -4.62. The molecule has 0 spiro atoms. The van der Waals surface area contributed by atoms with Gasteiger partial charge in [0.15, 0.2) is 0 Å². The molecule has 1 heterocycles. The minimum absolute atomic E-state index is 0.0341. The number of aryl methyl sites for hydroxylation is 1. The molecule has 1 saturated heterocycles. The molecule has 1 aliphatic heterocycles. The number of likely N-dealkylation sites (N-methyl/N-ethyl adjacent to an activating group) is 1. The fraction of sp³-hybridized carbons (Fsp3) is 0.364. The average Bonchev–Trinajstić information content (AvgIpc) is 2.73. The number of amides is 2. The predicted molar refractivity (Wildman–Crippen MR) is 113 cm³/mol. The van der Waals surface area contributed by atoms with Crippen molar-refractivity contribution < 1.29 is 32.3 Å². The summed E-state index contributed by atoms with van der Waals surface area (Å²) >= 11 is 3.02. The quantitative estimate of drug-likeness (QED) is 0.546. The van der Waals surface area contributed by atoms with Gasteiger partial charge in [-0.1, -0.05) is 28.1 Å². The van der Waals surface area contributed by atoms with Crippen LogP contribution < -0.4 is 0 Å². The molecule has 2 aromatic rings. The molecule has 32 heavy (non-hydrogen) atoms. The van der Waals surface area contributed by atoms with Crippen molar-refractivity contribution in [1.29, 1.82) is 0 Å². The molecule has 2 aromatic carbocycles. The summed E-state index contributed by atoms with van der Waals surface area (Å²) in [5, 5.41) is 9.41. The lowest BCUT2D eigenvalue weighted by Gasteiger charge is -2.42. The van der Waals surface area contributed by atoms with Crippen LogP contribution in [0.1, 0.15) is 39.4 Å². The molecular weight excluding hydrogens is 496 g/mol. The Balaban J connectivity index is 1.96. The van der Waals surface area contributed by atoms with E-state index in [1.54, 1.807) is 19.1 Å². The summed E-state index contributed by atoms with van der Waals surface area (Å²) < 4.78 is 53.9. The van der Waals surface area contributed by atoms with E-state index in [1.807, 2.05) is 0 Å². The fourth-order valence-corrected chi connectivity index (χ4v) is 4.47. The van der Waals surface area contributed by atoms with E-state index in [9.17, 15) is 32.3 Å². The van der Waals surface area contributed by atoms with Crippen LogP contribution in [0.3, 0.4) is 0 Å². The average molecular weight is 517 g/mol. The Hall–Kier alpha value is -2.62. The molecule has 0 saturated carbocycles. The number of likely N-dealkylation sites (tertiary alicyclic amines) is 1. The summed E-state index contributed by atoms with van der Waals surface area (Å²) in [6.45, 7) is 1.78. The van der Waals surface area contributed by atoms with Crippen molar-refractivity contribution in [2.45, 2.75) is 31.5 Å². The number of nitrogens with zero attached hydrogens (tertiary/aromatic N) is 2. The lowest BCUT2D eigenvalue weighted by Crippen LogP contribution is -2.51. The summed E-state index contributed by atoms with van der Waals surface area (Å²) in [7, 11) is 1.47. The van der Waals surface area contributed by atoms with Gasteiger partial charge in [-0.25, -0.2) is 9.18 Å². The topological polar surface area (TPSA) is 60.9 Å². The molecule has 1 aliphatic rings. The van der Waals surface area contributed by atoms with Gasteiger partial charge >= 0.3 is 12.3 Å². The van der Waals surface area contributed by atoms with Crippen molar-refractivity contribution in [2.24, 2.45) is 0 Å². The monoisotopic (exact) mass is 516 g/mol. The van der Waals surface area contributed by atoms with E-state index in [2.05, 4.69) is 15.9 Å². The van der Waals surface area contributed by atoms with Crippen LogP contribution in [0.2, 0.25) is 0 Å². The van der Waals surface area contributed by atoms with E-state index in [1.165, 1.54) is 29.0 Å². The lowest BCUT2D eigenvalue weighted by atomic mass is 9.84. The molecule has 2 unspecified atom stereocenters. The lowest BCUT2D eigenvalue weighted by molar-refractivity contribution is -0.137. The second-order valence-corrected chi connectivity index (χ2v) is 8.76. The molecule has 2 atom stereocenters. The molecular formula is C22H21BrF4N2O3. The summed E-state index contributed by atoms with van der Waals surface area (Å²) in [5.74, 6) is -1.63. The van der Waals surface area contributed by atoms with Gasteiger partial charge in [0, 0.05) is 42.1 Å². The zero-order valence-corrected chi connectivity index (χ0v) is 18.9. The second-order valence-electron chi connectivity index (χ2n) is 7.84. The fourth-order valence-electron chi connectivity index (χ4n) is 3.98. The third-order valence-corrected chi connectivity index (χ3v) is 6.22. The zero-order chi connectivity index (χ0) is 23.8. The molecule has 1 fully saturated rings. The first-order valence-electron chi connectivity index (χ1n) is 9.77. The molecule has 0 aliphatic carbocycles. The van der Waals surface area contributed by atoms with Crippen molar-refractivity contribution in [2.75, 3.05) is 20.1 Å². The van der Waals surface area contributed by atoms with Crippen LogP contribution in [0.5, 0.6) is 0 Å². The Morgan fingerprint density at radius 3 is 2.47 bits per heavy atom. The van der Waals surface area contributed by atoms with Gasteiger partial charge in [0.25, 0.3) is 5.91 Å². The van der Waals surface area contributed by atoms with Crippen LogP contribution in [0.15, 0.2) is 40.9 Å². The van der Waals surface area contributed by atoms with Gasteiger partial charge in [-0.2, -0.15) is 13.2 Å². The molecule has 1 N–H and O–H groups in total. The van der Waals surface area contributed by atoms with Crippen LogP contribution >= 0.6 is 15.9 Å². The highest BCUT2D eigenvalue weighted by atomic mass is 79.9. The molecule has 2 amide bonds. The Kier molecular flexibility index (Phi) is 6.83. The molecule has 0 radical (unpaired) electrons. The van der Waals surface area contributed by atoms with Gasteiger partial charge in [0.05, 0.1) is 5.56 Å². The van der Waals surface area contributed by atoms with Gasteiger partial charge in [-0.05, 0) is 48.7 Å². The highest BCUT2D eigenvalue weighted by Gasteiger charge is 2.38. The van der Waals surface area contributed by atoms with Crippen LogP contribution in [0.25, 0.3) is 0 Å². The standard InChI is InChI=1S/C22H21BrF4N2O3/c1-12-3-4-13(9-18(12)24)17-11-29(21(31)32)6-5-19(17)28(2)20(30)14-7-15(22(25,26)27)10-16(23)8-14/h3-4,7-10,17,19H,5-6,11H2,1-2H3,(H,31,32). The zero-order valence-electron chi connectivity index (χ0n) is 17.3. The van der Waals surface area contributed by atoms with Gasteiger partial charge in [-0.15, -0.1) is 0 Å². The number of carbonyl (C=O) groups is 2. The Labute approximate surface area is 190 Å². The SMILES string of the molecule is Cc1ccc(C2CN(C(=O)O)CCC2N(C)C(=O)c2cc(Br)cc(C(F)(F)F)c2)cc1F. The number of piperidine rings is 1. The molecule has 5 nitrogen and oxygen atoms in total. The summed E-state index contributed by atoms with van der Waals surface area (Å²) in [6, 6.07) is 7.02. The maximum Gasteiger partial charge on any atom is 0.416 e. The van der Waals surface area contributed by atoms with E-state index in [0.717, 1.165) is 12.1 Å². The van der Waals surface area contributed by atoms with Gasteiger partial charge in [0.1, 0.15) is 5.82 Å². The number of benzene rings is 2. The van der Waals surface area contributed by atoms with Crippen LogP contribution in [0.4, 0.5) is 22.4 Å². The first-order valence-corrected chi connectivity index (χ1v) is 10.6. The number of carboxylic acid groups (broad SMARTS) is 1. The van der Waals surface area contributed by atoms with Crippen molar-refractivity contribution in [1.82, 2.24) is 9.80 Å². The highest BCUT2D eigenvalue weighted by Crippen LogP contribution is 2.35.